The van der Waals surface area contributed by atoms with Gasteiger partial charge in [0, 0.05) is 0 Å². The van der Waals surface area contributed by atoms with Crippen LogP contribution in [0, 0.1) is 6.92 Å². The first-order chi connectivity index (χ1) is 9.27. The second-order valence-corrected chi connectivity index (χ2v) is 6.51. The lowest BCUT2D eigenvalue weighted by Gasteiger charge is -2.32. The summed E-state index contributed by atoms with van der Waals surface area (Å²) in [5, 5.41) is 0. The number of rotatable bonds is 3. The molecule has 0 spiro atoms. The highest BCUT2D eigenvalue weighted by molar-refractivity contribution is 6.62. The van der Waals surface area contributed by atoms with Gasteiger partial charge in [0.15, 0.2) is 0 Å². The smallest absolute Gasteiger partial charge is 0.399 e. The van der Waals surface area contributed by atoms with Crippen molar-refractivity contribution in [3.8, 4) is 0 Å². The summed E-state index contributed by atoms with van der Waals surface area (Å²) < 4.78 is 12.2. The van der Waals surface area contributed by atoms with E-state index in [-0.39, 0.29) is 18.3 Å². The van der Waals surface area contributed by atoms with Crippen molar-refractivity contribution in [3.63, 3.8) is 0 Å². The van der Waals surface area contributed by atoms with Crippen molar-refractivity contribution in [1.82, 2.24) is 0 Å². The number of hydrogen-bond acceptors (Lipinski definition) is 2. The maximum Gasteiger partial charge on any atom is 0.494 e. The fourth-order valence-electron chi connectivity index (χ4n) is 2.26. The fourth-order valence-corrected chi connectivity index (χ4v) is 2.26. The third-order valence-corrected chi connectivity index (χ3v) is 4.35. The van der Waals surface area contributed by atoms with Gasteiger partial charge in [0.25, 0.3) is 0 Å². The summed E-state index contributed by atoms with van der Waals surface area (Å²) in [6.07, 6.45) is 5.40. The third-order valence-electron chi connectivity index (χ3n) is 4.35. The zero-order valence-corrected chi connectivity index (χ0v) is 13.5. The normalized spacial score (nSPS) is 20.8. The van der Waals surface area contributed by atoms with Crippen molar-refractivity contribution in [2.75, 3.05) is 0 Å². The molecule has 0 unspecified atom stereocenters. The third kappa shape index (κ3) is 2.84. The summed E-state index contributed by atoms with van der Waals surface area (Å²) in [6, 6.07) is 6.41. The summed E-state index contributed by atoms with van der Waals surface area (Å²) >= 11 is 0. The molecular weight excluding hydrogens is 247 g/mol. The van der Waals surface area contributed by atoms with Gasteiger partial charge in [-0.1, -0.05) is 37.3 Å². The topological polar surface area (TPSA) is 18.5 Å². The largest absolute Gasteiger partial charge is 0.494 e. The average molecular weight is 272 g/mol. The molecule has 0 N–H and O–H groups in total. The molecule has 0 radical (unpaired) electrons. The van der Waals surface area contributed by atoms with Gasteiger partial charge in [-0.15, -0.1) is 0 Å². The number of benzene rings is 1. The van der Waals surface area contributed by atoms with Gasteiger partial charge in [-0.2, -0.15) is 0 Å². The van der Waals surface area contributed by atoms with Gasteiger partial charge >= 0.3 is 7.12 Å². The molecule has 0 atom stereocenters. The molecule has 1 aromatic rings. The molecule has 108 valence electrons. The Bertz CT molecular complexity index is 502. The van der Waals surface area contributed by atoms with Crippen molar-refractivity contribution in [2.24, 2.45) is 0 Å². The summed E-state index contributed by atoms with van der Waals surface area (Å²) in [6.45, 7) is 12.6. The Labute approximate surface area is 123 Å². The van der Waals surface area contributed by atoms with E-state index in [0.717, 1.165) is 11.9 Å². The average Bonchev–Trinajstić information content (AvgIpc) is 2.57. The Kier molecular flexibility index (Phi) is 4.13. The minimum absolute atomic E-state index is 0.275. The van der Waals surface area contributed by atoms with Crippen molar-refractivity contribution in [1.29, 1.82) is 0 Å². The Morgan fingerprint density at radius 3 is 2.20 bits per heavy atom. The van der Waals surface area contributed by atoms with Crippen LogP contribution in [0.15, 0.2) is 24.3 Å². The van der Waals surface area contributed by atoms with E-state index in [1.54, 1.807) is 0 Å². The monoisotopic (exact) mass is 272 g/mol. The van der Waals surface area contributed by atoms with Crippen molar-refractivity contribution in [2.45, 2.75) is 59.2 Å². The minimum atomic E-state index is -0.285. The van der Waals surface area contributed by atoms with Crippen LogP contribution in [0.5, 0.6) is 0 Å². The van der Waals surface area contributed by atoms with E-state index >= 15 is 0 Å². The van der Waals surface area contributed by atoms with E-state index in [9.17, 15) is 0 Å². The Morgan fingerprint density at radius 1 is 1.10 bits per heavy atom. The molecule has 1 aliphatic rings. The number of hydrogen-bond donors (Lipinski definition) is 0. The van der Waals surface area contributed by atoms with Gasteiger partial charge in [0.05, 0.1) is 11.2 Å². The molecule has 0 saturated carbocycles. The Balaban J connectivity index is 2.24. The van der Waals surface area contributed by atoms with Gasteiger partial charge in [-0.25, -0.2) is 0 Å². The van der Waals surface area contributed by atoms with E-state index in [2.05, 4.69) is 71.9 Å². The quantitative estimate of drug-likeness (QED) is 0.781. The first-order valence-corrected chi connectivity index (χ1v) is 7.39. The molecule has 3 heteroatoms. The lowest BCUT2D eigenvalue weighted by Crippen LogP contribution is -2.41. The summed E-state index contributed by atoms with van der Waals surface area (Å²) in [7, 11) is -0.275. The molecular formula is C17H25BO2. The molecule has 0 bridgehead atoms. The fraction of sp³-hybridized carbons (Fsp3) is 0.529. The van der Waals surface area contributed by atoms with Crippen LogP contribution in [0.3, 0.4) is 0 Å². The van der Waals surface area contributed by atoms with Crippen LogP contribution in [-0.4, -0.2) is 18.3 Å². The highest BCUT2D eigenvalue weighted by atomic mass is 16.7. The van der Waals surface area contributed by atoms with Crippen molar-refractivity contribution < 1.29 is 9.31 Å². The zero-order chi connectivity index (χ0) is 15.0. The van der Waals surface area contributed by atoms with E-state index in [1.165, 1.54) is 11.1 Å². The highest BCUT2D eigenvalue weighted by Gasteiger charge is 2.51. The van der Waals surface area contributed by atoms with Crippen LogP contribution in [0.2, 0.25) is 0 Å². The SMILES string of the molecule is CCC=Cc1ccc(B2OC(C)(C)C(C)(C)O2)cc1C. The van der Waals surface area contributed by atoms with Crippen LogP contribution in [-0.2, 0) is 9.31 Å². The zero-order valence-electron chi connectivity index (χ0n) is 13.5. The van der Waals surface area contributed by atoms with E-state index in [1.807, 2.05) is 0 Å². The van der Waals surface area contributed by atoms with Gasteiger partial charge in [-0.05, 0) is 57.6 Å². The van der Waals surface area contributed by atoms with Gasteiger partial charge < -0.3 is 9.31 Å². The molecule has 0 aliphatic carbocycles. The molecule has 0 aromatic heterocycles. The minimum Gasteiger partial charge on any atom is -0.399 e. The molecule has 2 rings (SSSR count). The second kappa shape index (κ2) is 5.38. The maximum absolute atomic E-state index is 6.09. The first-order valence-electron chi connectivity index (χ1n) is 7.39. The maximum atomic E-state index is 6.09. The predicted octanol–water partition coefficient (Wildman–Crippen LogP) is 3.72. The molecule has 1 fully saturated rings. The second-order valence-electron chi connectivity index (χ2n) is 6.51. The highest BCUT2D eigenvalue weighted by Crippen LogP contribution is 2.36. The van der Waals surface area contributed by atoms with Crippen LogP contribution >= 0.6 is 0 Å². The molecule has 20 heavy (non-hydrogen) atoms. The summed E-state index contributed by atoms with van der Waals surface area (Å²) in [5.74, 6) is 0. The Morgan fingerprint density at radius 2 is 1.70 bits per heavy atom. The van der Waals surface area contributed by atoms with Crippen LogP contribution in [0.4, 0.5) is 0 Å². The summed E-state index contributed by atoms with van der Waals surface area (Å²) in [4.78, 5) is 0. The van der Waals surface area contributed by atoms with Gasteiger partial charge in [-0.3, -0.25) is 0 Å². The van der Waals surface area contributed by atoms with Crippen LogP contribution < -0.4 is 5.46 Å². The lowest BCUT2D eigenvalue weighted by molar-refractivity contribution is 0.00578. The van der Waals surface area contributed by atoms with Crippen LogP contribution in [0.25, 0.3) is 6.08 Å². The number of aryl methyl sites for hydroxylation is 1. The summed E-state index contributed by atoms with van der Waals surface area (Å²) in [5.41, 5.74) is 3.03. The molecule has 2 nitrogen and oxygen atoms in total. The Hall–Kier alpha value is -1.06. The van der Waals surface area contributed by atoms with Crippen molar-refractivity contribution in [3.05, 3.63) is 35.4 Å². The molecule has 1 heterocycles. The first kappa shape index (κ1) is 15.3. The van der Waals surface area contributed by atoms with Gasteiger partial charge in [0.1, 0.15) is 0 Å². The van der Waals surface area contributed by atoms with Gasteiger partial charge in [0.2, 0.25) is 0 Å². The predicted molar refractivity (Wildman–Crippen MR) is 86.2 cm³/mol. The van der Waals surface area contributed by atoms with E-state index in [4.69, 9.17) is 9.31 Å². The van der Waals surface area contributed by atoms with Crippen LogP contribution in [0.1, 0.15) is 52.2 Å². The molecule has 0 amide bonds. The lowest BCUT2D eigenvalue weighted by atomic mass is 9.78. The molecule has 1 saturated heterocycles. The number of allylic oxidation sites excluding steroid dienone is 1. The standard InChI is InChI=1S/C17H25BO2/c1-7-8-9-14-10-11-15(12-13(14)2)18-19-16(3,4)17(5,6)20-18/h8-12H,7H2,1-6H3. The molecule has 1 aliphatic heterocycles. The van der Waals surface area contributed by atoms with E-state index in [0.29, 0.717) is 0 Å². The van der Waals surface area contributed by atoms with E-state index < -0.39 is 0 Å². The molecule has 1 aromatic carbocycles. The van der Waals surface area contributed by atoms with Crippen molar-refractivity contribution >= 4 is 18.7 Å².